The van der Waals surface area contributed by atoms with E-state index in [-0.39, 0.29) is 5.41 Å². The van der Waals surface area contributed by atoms with Gasteiger partial charge in [-0.05, 0) is 133 Å². The van der Waals surface area contributed by atoms with E-state index in [0.29, 0.717) is 0 Å². The number of fused-ring (bicyclic) bond motifs is 6. The lowest BCUT2D eigenvalue weighted by Gasteiger charge is -2.38. The Labute approximate surface area is 394 Å². The van der Waals surface area contributed by atoms with Crippen molar-refractivity contribution in [2.45, 2.75) is 37.5 Å². The Balaban J connectivity index is 1.00. The quantitative estimate of drug-likeness (QED) is 0.121. The number of rotatable bonds is 10. The van der Waals surface area contributed by atoms with Gasteiger partial charge in [-0.2, -0.15) is 0 Å². The molecule has 1 aromatic heterocycles. The predicted octanol–water partition coefficient (Wildman–Crippen LogP) is 17.3. The van der Waals surface area contributed by atoms with Gasteiger partial charge in [0.25, 0.3) is 0 Å². The van der Waals surface area contributed by atoms with Crippen LogP contribution in [0.5, 0.6) is 0 Å². The molecule has 0 saturated heterocycles. The molecular formula is C66H51N. The van der Waals surface area contributed by atoms with Gasteiger partial charge in [-0.1, -0.05) is 220 Å². The third-order valence-electron chi connectivity index (χ3n) is 15.0. The minimum Gasteiger partial charge on any atom is -0.309 e. The zero-order chi connectivity index (χ0) is 45.0. The van der Waals surface area contributed by atoms with Gasteiger partial charge in [-0.3, -0.25) is 0 Å². The number of para-hydroxylation sites is 1. The number of hydrogen-bond acceptors (Lipinski definition) is 0. The molecule has 0 saturated carbocycles. The van der Waals surface area contributed by atoms with Crippen molar-refractivity contribution in [3.63, 3.8) is 0 Å². The fraction of sp³-hybridized carbons (Fsp3) is 0.0909. The average molecular weight is 858 g/mol. The first-order valence-corrected chi connectivity index (χ1v) is 23.9. The van der Waals surface area contributed by atoms with E-state index in [2.05, 4.69) is 267 Å². The predicted molar refractivity (Wildman–Crippen MR) is 282 cm³/mol. The minimum absolute atomic E-state index is 0.146. The number of aromatic nitrogens is 1. The summed E-state index contributed by atoms with van der Waals surface area (Å²) in [7, 11) is 0. The van der Waals surface area contributed by atoms with E-state index in [1.165, 1.54) is 99.7 Å². The van der Waals surface area contributed by atoms with E-state index in [1.54, 1.807) is 0 Å². The fourth-order valence-corrected chi connectivity index (χ4v) is 11.7. The molecule has 1 heterocycles. The van der Waals surface area contributed by atoms with Gasteiger partial charge in [0.15, 0.2) is 0 Å². The summed E-state index contributed by atoms with van der Waals surface area (Å²) >= 11 is 0. The maximum Gasteiger partial charge on any atom is 0.0701 e. The SMILES string of the molecule is CCC1(CC)c2cc(-c3ccc4c(c3)c3ccccc3n4-c3cc(-c4ccccc4)cc(-c4ccccc4)c3)ccc2-c2ccc(C(c3ccccc3)(c3ccccc3)c3ccccc3)cc21. The molecule has 11 aromatic rings. The molecule has 0 unspecified atom stereocenters. The van der Waals surface area contributed by atoms with Crippen LogP contribution in [-0.4, -0.2) is 4.57 Å². The van der Waals surface area contributed by atoms with Gasteiger partial charge < -0.3 is 4.57 Å². The van der Waals surface area contributed by atoms with Crippen LogP contribution in [0.15, 0.2) is 249 Å². The molecule has 320 valence electrons. The third kappa shape index (κ3) is 6.44. The second kappa shape index (κ2) is 16.5. The van der Waals surface area contributed by atoms with Gasteiger partial charge in [0, 0.05) is 21.9 Å². The maximum atomic E-state index is 2.58. The van der Waals surface area contributed by atoms with Gasteiger partial charge in [0.05, 0.1) is 16.4 Å². The Morgan fingerprint density at radius 1 is 0.328 bits per heavy atom. The van der Waals surface area contributed by atoms with Crippen molar-refractivity contribution in [3.8, 4) is 50.2 Å². The summed E-state index contributed by atoms with van der Waals surface area (Å²) < 4.78 is 2.46. The molecule has 10 aromatic carbocycles. The zero-order valence-electron chi connectivity index (χ0n) is 38.0. The molecule has 1 nitrogen and oxygen atoms in total. The lowest BCUT2D eigenvalue weighted by Crippen LogP contribution is -2.32. The van der Waals surface area contributed by atoms with Gasteiger partial charge in [0.1, 0.15) is 0 Å². The molecule has 0 N–H and O–H groups in total. The van der Waals surface area contributed by atoms with Crippen molar-refractivity contribution in [1.82, 2.24) is 4.57 Å². The fourth-order valence-electron chi connectivity index (χ4n) is 11.7. The summed E-state index contributed by atoms with van der Waals surface area (Å²) in [6.45, 7) is 4.77. The second-order valence-corrected chi connectivity index (χ2v) is 18.2. The van der Waals surface area contributed by atoms with Gasteiger partial charge in [0.2, 0.25) is 0 Å². The van der Waals surface area contributed by atoms with E-state index in [4.69, 9.17) is 0 Å². The highest BCUT2D eigenvalue weighted by atomic mass is 15.0. The maximum absolute atomic E-state index is 2.58. The molecule has 0 radical (unpaired) electrons. The van der Waals surface area contributed by atoms with E-state index in [0.717, 1.165) is 18.5 Å². The molecule has 0 amide bonds. The van der Waals surface area contributed by atoms with Crippen LogP contribution in [0.1, 0.15) is 60.1 Å². The van der Waals surface area contributed by atoms with Crippen molar-refractivity contribution in [1.29, 1.82) is 0 Å². The summed E-state index contributed by atoms with van der Waals surface area (Å²) in [6, 6.07) is 92.6. The molecule has 0 bridgehead atoms. The van der Waals surface area contributed by atoms with Crippen LogP contribution in [-0.2, 0) is 10.8 Å². The highest BCUT2D eigenvalue weighted by molar-refractivity contribution is 6.10. The normalized spacial score (nSPS) is 12.9. The summed E-state index contributed by atoms with van der Waals surface area (Å²) in [5.74, 6) is 0. The van der Waals surface area contributed by atoms with Crippen LogP contribution in [0.4, 0.5) is 0 Å². The summed E-state index contributed by atoms with van der Waals surface area (Å²) in [5.41, 5.74) is 20.8. The van der Waals surface area contributed by atoms with Crippen LogP contribution >= 0.6 is 0 Å². The summed E-state index contributed by atoms with van der Waals surface area (Å²) in [5, 5.41) is 2.51. The molecule has 0 aliphatic heterocycles. The Hall–Kier alpha value is -8.00. The lowest BCUT2D eigenvalue weighted by molar-refractivity contribution is 0.489. The second-order valence-electron chi connectivity index (χ2n) is 18.2. The lowest BCUT2D eigenvalue weighted by atomic mass is 9.64. The molecule has 0 fully saturated rings. The molecule has 1 heteroatoms. The monoisotopic (exact) mass is 857 g/mol. The molecule has 1 aliphatic carbocycles. The van der Waals surface area contributed by atoms with Crippen LogP contribution in [0.2, 0.25) is 0 Å². The highest BCUT2D eigenvalue weighted by Crippen LogP contribution is 2.56. The molecular weight excluding hydrogens is 807 g/mol. The topological polar surface area (TPSA) is 4.93 Å². The Bertz CT molecular complexity index is 3410. The number of hydrogen-bond donors (Lipinski definition) is 0. The van der Waals surface area contributed by atoms with E-state index < -0.39 is 5.41 Å². The molecule has 0 spiro atoms. The Morgan fingerprint density at radius 3 is 1.33 bits per heavy atom. The van der Waals surface area contributed by atoms with Crippen LogP contribution in [0, 0.1) is 0 Å². The van der Waals surface area contributed by atoms with Crippen LogP contribution < -0.4 is 0 Å². The Kier molecular flexibility index (Phi) is 9.95. The van der Waals surface area contributed by atoms with Crippen molar-refractivity contribution < 1.29 is 0 Å². The van der Waals surface area contributed by atoms with E-state index in [1.807, 2.05) is 0 Å². The smallest absolute Gasteiger partial charge is 0.0701 e. The largest absolute Gasteiger partial charge is 0.309 e. The highest BCUT2D eigenvalue weighted by Gasteiger charge is 2.44. The summed E-state index contributed by atoms with van der Waals surface area (Å²) in [4.78, 5) is 0. The van der Waals surface area contributed by atoms with Gasteiger partial charge in [-0.15, -0.1) is 0 Å². The Morgan fingerprint density at radius 2 is 0.776 bits per heavy atom. The van der Waals surface area contributed by atoms with Gasteiger partial charge >= 0.3 is 0 Å². The summed E-state index contributed by atoms with van der Waals surface area (Å²) in [6.07, 6.45) is 2.01. The van der Waals surface area contributed by atoms with Gasteiger partial charge in [-0.25, -0.2) is 0 Å². The van der Waals surface area contributed by atoms with Crippen molar-refractivity contribution >= 4 is 21.8 Å². The van der Waals surface area contributed by atoms with E-state index in [9.17, 15) is 0 Å². The number of nitrogens with zero attached hydrogens (tertiary/aromatic N) is 1. The van der Waals surface area contributed by atoms with Crippen LogP contribution in [0.25, 0.3) is 72.0 Å². The third-order valence-corrected chi connectivity index (χ3v) is 15.0. The first kappa shape index (κ1) is 40.5. The minimum atomic E-state index is -0.507. The average Bonchev–Trinajstić information content (AvgIpc) is 3.89. The van der Waals surface area contributed by atoms with Crippen molar-refractivity contribution in [3.05, 3.63) is 282 Å². The zero-order valence-corrected chi connectivity index (χ0v) is 38.0. The van der Waals surface area contributed by atoms with Crippen LogP contribution in [0.3, 0.4) is 0 Å². The first-order chi connectivity index (χ1) is 33.1. The standard InChI is InChI=1S/C66H51N/c1-3-65(4-2)61-44-49(34-37-57(61)58-38-36-55(45-62(58)65)66(52-26-14-7-15-27-52,53-28-16-8-17-29-53)54-30-18-9-19-31-54)48-35-39-64-60(43-48)59-32-20-21-33-63(59)67(64)56-41-50(46-22-10-5-11-23-46)40-51(42-56)47-24-12-6-13-25-47/h5-45H,3-4H2,1-2H3. The molecule has 12 rings (SSSR count). The molecule has 1 aliphatic rings. The first-order valence-electron chi connectivity index (χ1n) is 23.9. The van der Waals surface area contributed by atoms with Crippen molar-refractivity contribution in [2.24, 2.45) is 0 Å². The number of benzene rings is 10. The molecule has 0 atom stereocenters. The van der Waals surface area contributed by atoms with Crippen molar-refractivity contribution in [2.75, 3.05) is 0 Å². The van der Waals surface area contributed by atoms with E-state index >= 15 is 0 Å². The molecule has 67 heavy (non-hydrogen) atoms.